The van der Waals surface area contributed by atoms with E-state index in [2.05, 4.69) is 4.98 Å². The fourth-order valence-corrected chi connectivity index (χ4v) is 2.19. The number of aromatic carboxylic acids is 1. The third kappa shape index (κ3) is 2.76. The van der Waals surface area contributed by atoms with Crippen LogP contribution >= 0.6 is 0 Å². The normalized spacial score (nSPS) is 10.2. The summed E-state index contributed by atoms with van der Waals surface area (Å²) in [4.78, 5) is 29.6. The molecule has 2 aromatic rings. The molecule has 0 bridgehead atoms. The first-order chi connectivity index (χ1) is 9.93. The number of amides is 1. The highest BCUT2D eigenvalue weighted by Crippen LogP contribution is 2.22. The molecule has 0 saturated heterocycles. The number of hydrogen-bond acceptors (Lipinski definition) is 3. The molecule has 0 saturated carbocycles. The lowest BCUT2D eigenvalue weighted by atomic mass is 9.96. The van der Waals surface area contributed by atoms with Gasteiger partial charge < -0.3 is 5.11 Å². The first-order valence-electron chi connectivity index (χ1n) is 6.46. The Kier molecular flexibility index (Phi) is 4.03. The van der Waals surface area contributed by atoms with Crippen LogP contribution in [0.1, 0.15) is 31.8 Å². The Balaban J connectivity index is 2.54. The summed E-state index contributed by atoms with van der Waals surface area (Å²) in [5, 5.41) is 9.39. The average Bonchev–Trinajstić information content (AvgIpc) is 2.48. The van der Waals surface area contributed by atoms with Crippen molar-refractivity contribution in [3.8, 4) is 0 Å². The number of nitrogens with zero attached hydrogens (tertiary/aromatic N) is 2. The van der Waals surface area contributed by atoms with Crippen molar-refractivity contribution in [2.75, 3.05) is 11.9 Å². The maximum atomic E-state index is 12.7. The lowest BCUT2D eigenvalue weighted by Gasteiger charge is -2.19. The Morgan fingerprint density at radius 2 is 1.67 bits per heavy atom. The molecule has 0 aliphatic carbocycles. The van der Waals surface area contributed by atoms with Crippen molar-refractivity contribution >= 4 is 17.7 Å². The maximum Gasteiger partial charge on any atom is 0.336 e. The molecule has 21 heavy (non-hydrogen) atoms. The minimum atomic E-state index is -1.10. The Morgan fingerprint density at radius 1 is 1.05 bits per heavy atom. The van der Waals surface area contributed by atoms with Crippen LogP contribution in [0.5, 0.6) is 0 Å². The summed E-state index contributed by atoms with van der Waals surface area (Å²) in [6.07, 6.45) is 1.58. The van der Waals surface area contributed by atoms with Gasteiger partial charge in [0.05, 0.1) is 11.1 Å². The number of pyridine rings is 1. The fourth-order valence-electron chi connectivity index (χ4n) is 2.19. The van der Waals surface area contributed by atoms with Gasteiger partial charge in [-0.05, 0) is 37.1 Å². The number of carbonyl (C=O) groups excluding carboxylic acids is 1. The van der Waals surface area contributed by atoms with E-state index in [-0.39, 0.29) is 17.0 Å². The van der Waals surface area contributed by atoms with Gasteiger partial charge in [-0.1, -0.05) is 18.2 Å². The maximum absolute atomic E-state index is 12.7. The lowest BCUT2D eigenvalue weighted by Crippen LogP contribution is -2.29. The number of carbonyl (C=O) groups is 2. The number of carboxylic acids is 1. The molecular formula is C16H16N2O3. The highest BCUT2D eigenvalue weighted by atomic mass is 16.4. The van der Waals surface area contributed by atoms with E-state index in [1.165, 1.54) is 4.90 Å². The van der Waals surface area contributed by atoms with Crippen molar-refractivity contribution < 1.29 is 14.7 Å². The molecule has 0 aliphatic rings. The van der Waals surface area contributed by atoms with Gasteiger partial charge in [-0.25, -0.2) is 9.78 Å². The molecule has 0 radical (unpaired) electrons. The second-order valence-electron chi connectivity index (χ2n) is 4.81. The number of hydrogen-bond donors (Lipinski definition) is 1. The molecule has 1 heterocycles. The molecule has 108 valence electrons. The number of carboxylic acid groups (broad SMARTS) is 1. The van der Waals surface area contributed by atoms with Crippen molar-refractivity contribution in [3.63, 3.8) is 0 Å². The molecule has 0 spiro atoms. The molecule has 0 atom stereocenters. The Morgan fingerprint density at radius 3 is 2.19 bits per heavy atom. The van der Waals surface area contributed by atoms with E-state index in [4.69, 9.17) is 0 Å². The first kappa shape index (κ1) is 14.7. The molecule has 1 aromatic heterocycles. The summed E-state index contributed by atoms with van der Waals surface area (Å²) >= 11 is 0. The number of benzene rings is 1. The third-order valence-electron chi connectivity index (χ3n) is 3.35. The summed E-state index contributed by atoms with van der Waals surface area (Å²) in [5.41, 5.74) is 1.44. The molecule has 5 nitrogen and oxygen atoms in total. The second kappa shape index (κ2) is 5.75. The Hall–Kier alpha value is -2.69. The van der Waals surface area contributed by atoms with Crippen LogP contribution in [-0.2, 0) is 0 Å². The van der Waals surface area contributed by atoms with Crippen molar-refractivity contribution in [1.82, 2.24) is 4.98 Å². The number of aryl methyl sites for hydroxylation is 2. The van der Waals surface area contributed by atoms with Crippen LogP contribution in [0.3, 0.4) is 0 Å². The highest BCUT2D eigenvalue weighted by Gasteiger charge is 2.24. The minimum Gasteiger partial charge on any atom is -0.478 e. The second-order valence-corrected chi connectivity index (χ2v) is 4.81. The minimum absolute atomic E-state index is 0.0442. The van der Waals surface area contributed by atoms with Crippen LogP contribution < -0.4 is 4.90 Å². The van der Waals surface area contributed by atoms with Crippen molar-refractivity contribution in [2.24, 2.45) is 0 Å². The van der Waals surface area contributed by atoms with E-state index in [0.717, 1.165) is 0 Å². The fraction of sp³-hybridized carbons (Fsp3) is 0.188. The summed E-state index contributed by atoms with van der Waals surface area (Å²) in [5.74, 6) is -1.01. The Labute approximate surface area is 122 Å². The molecule has 0 unspecified atom stereocenters. The zero-order chi connectivity index (χ0) is 15.6. The first-order valence-corrected chi connectivity index (χ1v) is 6.46. The van der Waals surface area contributed by atoms with Gasteiger partial charge in [-0.3, -0.25) is 9.69 Å². The smallest absolute Gasteiger partial charge is 0.336 e. The molecular weight excluding hydrogens is 268 g/mol. The summed E-state index contributed by atoms with van der Waals surface area (Å²) < 4.78 is 0. The van der Waals surface area contributed by atoms with Crippen molar-refractivity contribution in [2.45, 2.75) is 13.8 Å². The van der Waals surface area contributed by atoms with Gasteiger partial charge in [0.1, 0.15) is 5.82 Å². The quantitative estimate of drug-likeness (QED) is 0.940. The summed E-state index contributed by atoms with van der Waals surface area (Å²) in [6, 6.07) is 8.68. The largest absolute Gasteiger partial charge is 0.478 e. The van der Waals surface area contributed by atoms with E-state index in [0.29, 0.717) is 16.9 Å². The molecule has 5 heteroatoms. The molecule has 0 fully saturated rings. The van der Waals surface area contributed by atoms with Gasteiger partial charge in [0.2, 0.25) is 0 Å². The van der Waals surface area contributed by atoms with Crippen LogP contribution in [-0.4, -0.2) is 29.0 Å². The SMILES string of the molecule is Cc1ccc(C)c(C(=O)N(C)c2ccccn2)c1C(=O)O. The van der Waals surface area contributed by atoms with Crippen LogP contribution in [0.4, 0.5) is 5.82 Å². The molecule has 2 rings (SSSR count). The lowest BCUT2D eigenvalue weighted by molar-refractivity contribution is 0.0691. The van der Waals surface area contributed by atoms with Crippen LogP contribution in [0.25, 0.3) is 0 Å². The van der Waals surface area contributed by atoms with E-state index in [1.807, 2.05) is 0 Å². The molecule has 1 N–H and O–H groups in total. The third-order valence-corrected chi connectivity index (χ3v) is 3.35. The Bertz CT molecular complexity index is 696. The topological polar surface area (TPSA) is 70.5 Å². The number of anilines is 1. The molecule has 1 aromatic carbocycles. The summed E-state index contributed by atoms with van der Waals surface area (Å²) in [6.45, 7) is 3.41. The number of aromatic nitrogens is 1. The van der Waals surface area contributed by atoms with Gasteiger partial charge in [-0.15, -0.1) is 0 Å². The summed E-state index contributed by atoms with van der Waals surface area (Å²) in [7, 11) is 1.58. The van der Waals surface area contributed by atoms with Crippen molar-refractivity contribution in [3.05, 3.63) is 58.8 Å². The monoisotopic (exact) mass is 284 g/mol. The standard InChI is InChI=1S/C16H16N2O3/c1-10-7-8-11(2)14(16(20)21)13(10)15(19)18(3)12-6-4-5-9-17-12/h4-9H,1-3H3,(H,20,21). The van der Waals surface area contributed by atoms with Gasteiger partial charge in [0, 0.05) is 13.2 Å². The van der Waals surface area contributed by atoms with E-state index >= 15 is 0 Å². The zero-order valence-corrected chi connectivity index (χ0v) is 12.1. The van der Waals surface area contributed by atoms with Gasteiger partial charge >= 0.3 is 5.97 Å². The van der Waals surface area contributed by atoms with E-state index in [9.17, 15) is 14.7 Å². The molecule has 0 aliphatic heterocycles. The van der Waals surface area contributed by atoms with Crippen LogP contribution in [0, 0.1) is 13.8 Å². The predicted octanol–water partition coefficient (Wildman–Crippen LogP) is 2.67. The average molecular weight is 284 g/mol. The van der Waals surface area contributed by atoms with Crippen LogP contribution in [0.2, 0.25) is 0 Å². The molecule has 1 amide bonds. The zero-order valence-electron chi connectivity index (χ0n) is 12.1. The highest BCUT2D eigenvalue weighted by molar-refractivity contribution is 6.12. The van der Waals surface area contributed by atoms with Gasteiger partial charge in [0.15, 0.2) is 0 Å². The predicted molar refractivity (Wildman–Crippen MR) is 79.8 cm³/mol. The van der Waals surface area contributed by atoms with Gasteiger partial charge in [0.25, 0.3) is 5.91 Å². The van der Waals surface area contributed by atoms with E-state index < -0.39 is 5.97 Å². The number of rotatable bonds is 3. The van der Waals surface area contributed by atoms with Gasteiger partial charge in [-0.2, -0.15) is 0 Å². The van der Waals surface area contributed by atoms with E-state index in [1.54, 1.807) is 57.4 Å². The van der Waals surface area contributed by atoms with Crippen LogP contribution in [0.15, 0.2) is 36.5 Å². The van der Waals surface area contributed by atoms with Crippen molar-refractivity contribution in [1.29, 1.82) is 0 Å².